The van der Waals surface area contributed by atoms with Crippen LogP contribution in [0.1, 0.15) is 53.0 Å². The highest BCUT2D eigenvalue weighted by atomic mass is 16.5. The molecule has 1 aliphatic rings. The number of ether oxygens (including phenoxy) is 1. The van der Waals surface area contributed by atoms with Crippen molar-refractivity contribution in [2.75, 3.05) is 0 Å². The second-order valence-electron chi connectivity index (χ2n) is 7.41. The number of benzene rings is 1. The van der Waals surface area contributed by atoms with Crippen molar-refractivity contribution < 1.29 is 4.74 Å². The van der Waals surface area contributed by atoms with Crippen LogP contribution in [0, 0.1) is 5.92 Å². The van der Waals surface area contributed by atoms with Gasteiger partial charge in [-0.25, -0.2) is 0 Å². The highest BCUT2D eigenvalue weighted by Crippen LogP contribution is 2.35. The van der Waals surface area contributed by atoms with Crippen LogP contribution in [0.25, 0.3) is 0 Å². The molecule has 0 aromatic heterocycles. The average molecular weight is 275 g/mol. The molecule has 112 valence electrons. The molecule has 1 saturated heterocycles. The number of rotatable bonds is 4. The molecule has 0 radical (unpaired) electrons. The third kappa shape index (κ3) is 3.83. The smallest absolute Gasteiger partial charge is 0.0720 e. The van der Waals surface area contributed by atoms with E-state index in [9.17, 15) is 0 Å². The summed E-state index contributed by atoms with van der Waals surface area (Å²) >= 11 is 0. The quantitative estimate of drug-likeness (QED) is 0.891. The molecule has 20 heavy (non-hydrogen) atoms. The minimum atomic E-state index is 0.138. The van der Waals surface area contributed by atoms with Crippen molar-refractivity contribution in [2.45, 2.75) is 71.2 Å². The van der Waals surface area contributed by atoms with Crippen molar-refractivity contribution in [1.29, 1.82) is 0 Å². The summed E-state index contributed by atoms with van der Waals surface area (Å²) in [5.74, 6) is 0.602. The van der Waals surface area contributed by atoms with Crippen molar-refractivity contribution in [3.8, 4) is 0 Å². The first-order chi connectivity index (χ1) is 9.31. The first-order valence-corrected chi connectivity index (χ1v) is 7.76. The lowest BCUT2D eigenvalue weighted by molar-refractivity contribution is -0.0443. The summed E-state index contributed by atoms with van der Waals surface area (Å²) in [6.07, 6.45) is 2.49. The summed E-state index contributed by atoms with van der Waals surface area (Å²) < 4.78 is 6.21. The third-order valence-electron chi connectivity index (χ3n) is 4.62. The summed E-state index contributed by atoms with van der Waals surface area (Å²) in [5, 5.41) is 3.82. The van der Waals surface area contributed by atoms with Crippen molar-refractivity contribution in [3.63, 3.8) is 0 Å². The highest BCUT2D eigenvalue weighted by Gasteiger charge is 2.42. The van der Waals surface area contributed by atoms with Crippen molar-refractivity contribution in [3.05, 3.63) is 35.9 Å². The predicted octanol–water partition coefficient (Wildman–Crippen LogP) is 4.15. The molecule has 0 bridgehead atoms. The van der Waals surface area contributed by atoms with Gasteiger partial charge in [0.25, 0.3) is 0 Å². The molecule has 2 unspecified atom stereocenters. The lowest BCUT2D eigenvalue weighted by Crippen LogP contribution is -2.63. The van der Waals surface area contributed by atoms with Gasteiger partial charge in [0.15, 0.2) is 0 Å². The number of hydrogen-bond donors (Lipinski definition) is 1. The molecule has 1 N–H and O–H groups in total. The van der Waals surface area contributed by atoms with E-state index in [4.69, 9.17) is 4.74 Å². The first kappa shape index (κ1) is 15.5. The van der Waals surface area contributed by atoms with Gasteiger partial charge < -0.3 is 10.1 Å². The van der Waals surface area contributed by atoms with Crippen molar-refractivity contribution >= 4 is 0 Å². The maximum atomic E-state index is 6.21. The Hall–Kier alpha value is -0.860. The Morgan fingerprint density at radius 3 is 2.40 bits per heavy atom. The van der Waals surface area contributed by atoms with Gasteiger partial charge in [-0.2, -0.15) is 0 Å². The van der Waals surface area contributed by atoms with Crippen LogP contribution in [-0.2, 0) is 11.3 Å². The average Bonchev–Trinajstić information content (AvgIpc) is 2.35. The van der Waals surface area contributed by atoms with E-state index in [1.165, 1.54) is 5.56 Å². The van der Waals surface area contributed by atoms with Gasteiger partial charge in [0.2, 0.25) is 0 Å². The Bertz CT molecular complexity index is 426. The molecule has 0 aliphatic carbocycles. The molecule has 1 aromatic carbocycles. The molecule has 1 aliphatic heterocycles. The second-order valence-corrected chi connectivity index (χ2v) is 7.41. The van der Waals surface area contributed by atoms with E-state index in [1.807, 2.05) is 6.07 Å². The maximum absolute atomic E-state index is 6.21. The number of hydrogen-bond acceptors (Lipinski definition) is 2. The molecular formula is C18H29NO. The molecular weight excluding hydrogens is 246 g/mol. The lowest BCUT2D eigenvalue weighted by Gasteiger charge is -2.50. The molecule has 0 saturated carbocycles. The van der Waals surface area contributed by atoms with Gasteiger partial charge in [0.1, 0.15) is 0 Å². The van der Waals surface area contributed by atoms with E-state index >= 15 is 0 Å². The molecule has 2 atom stereocenters. The van der Waals surface area contributed by atoms with E-state index in [2.05, 4.69) is 64.2 Å². The Morgan fingerprint density at radius 1 is 1.15 bits per heavy atom. The zero-order valence-corrected chi connectivity index (χ0v) is 13.6. The fourth-order valence-corrected chi connectivity index (χ4v) is 3.28. The summed E-state index contributed by atoms with van der Waals surface area (Å²) in [4.78, 5) is 0. The number of piperidine rings is 1. The summed E-state index contributed by atoms with van der Waals surface area (Å²) in [6.45, 7) is 12.2. The van der Waals surface area contributed by atoms with E-state index < -0.39 is 0 Å². The third-order valence-corrected chi connectivity index (χ3v) is 4.62. The summed E-state index contributed by atoms with van der Waals surface area (Å²) in [5.41, 5.74) is 1.55. The summed E-state index contributed by atoms with van der Waals surface area (Å²) in [6, 6.07) is 10.5. The van der Waals surface area contributed by atoms with E-state index in [-0.39, 0.29) is 11.1 Å². The first-order valence-electron chi connectivity index (χ1n) is 7.76. The molecule has 2 rings (SSSR count). The monoisotopic (exact) mass is 275 g/mol. The molecule has 2 nitrogen and oxygen atoms in total. The Kier molecular flexibility index (Phi) is 4.55. The van der Waals surface area contributed by atoms with E-state index in [0.717, 1.165) is 19.4 Å². The van der Waals surface area contributed by atoms with Gasteiger partial charge in [-0.05, 0) is 45.1 Å². The van der Waals surface area contributed by atoms with Gasteiger partial charge in [0.05, 0.1) is 12.7 Å². The predicted molar refractivity (Wildman–Crippen MR) is 84.7 cm³/mol. The van der Waals surface area contributed by atoms with Gasteiger partial charge in [-0.15, -0.1) is 0 Å². The van der Waals surface area contributed by atoms with Gasteiger partial charge in [-0.3, -0.25) is 0 Å². The van der Waals surface area contributed by atoms with Crippen LogP contribution < -0.4 is 5.32 Å². The van der Waals surface area contributed by atoms with Crippen molar-refractivity contribution in [2.24, 2.45) is 5.92 Å². The zero-order chi connectivity index (χ0) is 14.8. The van der Waals surface area contributed by atoms with E-state index in [1.54, 1.807) is 0 Å². The fourth-order valence-electron chi connectivity index (χ4n) is 3.28. The van der Waals surface area contributed by atoms with Crippen LogP contribution in [0.2, 0.25) is 0 Å². The minimum Gasteiger partial charge on any atom is -0.373 e. The maximum Gasteiger partial charge on any atom is 0.0720 e. The molecule has 0 amide bonds. The van der Waals surface area contributed by atoms with Crippen LogP contribution in [0.4, 0.5) is 0 Å². The van der Waals surface area contributed by atoms with Crippen LogP contribution in [0.3, 0.4) is 0 Å². The topological polar surface area (TPSA) is 21.3 Å². The van der Waals surface area contributed by atoms with Crippen molar-refractivity contribution in [1.82, 2.24) is 5.32 Å². The Morgan fingerprint density at radius 2 is 1.80 bits per heavy atom. The lowest BCUT2D eigenvalue weighted by atomic mass is 9.74. The Labute approximate surface area is 123 Å². The standard InChI is InChI=1S/C18H29NO/c1-14(2)18(5)12-16(11-17(3,4)19-18)20-13-15-9-7-6-8-10-15/h6-10,14,16,19H,11-13H2,1-5H3. The van der Waals surface area contributed by atoms with Crippen LogP contribution >= 0.6 is 0 Å². The summed E-state index contributed by atoms with van der Waals surface area (Å²) in [7, 11) is 0. The SMILES string of the molecule is CC(C)C1(C)CC(OCc2ccccc2)CC(C)(C)N1. The van der Waals surface area contributed by atoms with Gasteiger partial charge in [-0.1, -0.05) is 44.2 Å². The molecule has 0 spiro atoms. The minimum absolute atomic E-state index is 0.138. The Balaban J connectivity index is 2.00. The van der Waals surface area contributed by atoms with Crippen LogP contribution in [-0.4, -0.2) is 17.2 Å². The fraction of sp³-hybridized carbons (Fsp3) is 0.667. The van der Waals surface area contributed by atoms with Gasteiger partial charge in [0, 0.05) is 11.1 Å². The van der Waals surface area contributed by atoms with Crippen LogP contribution in [0.5, 0.6) is 0 Å². The zero-order valence-electron chi connectivity index (χ0n) is 13.6. The molecule has 1 fully saturated rings. The van der Waals surface area contributed by atoms with Crippen LogP contribution in [0.15, 0.2) is 30.3 Å². The van der Waals surface area contributed by atoms with Gasteiger partial charge >= 0.3 is 0 Å². The highest BCUT2D eigenvalue weighted by molar-refractivity contribution is 5.13. The molecule has 2 heteroatoms. The molecule has 1 aromatic rings. The molecule has 1 heterocycles. The normalized spacial score (nSPS) is 29.6. The largest absolute Gasteiger partial charge is 0.373 e. The second kappa shape index (κ2) is 5.87. The van der Waals surface area contributed by atoms with E-state index in [0.29, 0.717) is 12.0 Å². The number of nitrogens with one attached hydrogen (secondary N) is 1.